The highest BCUT2D eigenvalue weighted by Crippen LogP contribution is 2.40. The van der Waals surface area contributed by atoms with Gasteiger partial charge in [-0.3, -0.25) is 9.59 Å². The summed E-state index contributed by atoms with van der Waals surface area (Å²) in [7, 11) is 0. The first-order valence-corrected chi connectivity index (χ1v) is 6.95. The molecule has 1 N–H and O–H groups in total. The van der Waals surface area contributed by atoms with Gasteiger partial charge in [0, 0.05) is 5.92 Å². The fourth-order valence-electron chi connectivity index (χ4n) is 3.06. The van der Waals surface area contributed by atoms with E-state index in [4.69, 9.17) is 20.1 Å². The third-order valence-electron chi connectivity index (χ3n) is 4.00. The third kappa shape index (κ3) is 2.53. The molecule has 1 aliphatic carbocycles. The molecule has 4 unspecified atom stereocenters. The van der Waals surface area contributed by atoms with Crippen molar-refractivity contribution < 1.29 is 19.1 Å². The summed E-state index contributed by atoms with van der Waals surface area (Å²) in [5.74, 6) is -3.39. The molecule has 20 heavy (non-hydrogen) atoms. The first-order valence-electron chi connectivity index (χ1n) is 6.95. The smallest absolute Gasteiger partial charge is 0.329 e. The molecule has 1 aliphatic heterocycles. The predicted octanol–water partition coefficient (Wildman–Crippen LogP) is 1.44. The van der Waals surface area contributed by atoms with Crippen molar-refractivity contribution in [2.45, 2.75) is 38.7 Å². The molecule has 2 rings (SSSR count). The second-order valence-electron chi connectivity index (χ2n) is 5.17. The highest BCUT2D eigenvalue weighted by molar-refractivity contribution is 6.12. The Bertz CT molecular complexity index is 468. The highest BCUT2D eigenvalue weighted by atomic mass is 16.6. The van der Waals surface area contributed by atoms with E-state index in [0.29, 0.717) is 0 Å². The number of rotatable bonds is 4. The molecule has 1 heterocycles. The Balaban J connectivity index is 2.16. The van der Waals surface area contributed by atoms with Crippen LogP contribution < -0.4 is 0 Å². The first-order chi connectivity index (χ1) is 9.60. The van der Waals surface area contributed by atoms with Crippen LogP contribution in [0.1, 0.15) is 32.6 Å². The van der Waals surface area contributed by atoms with E-state index in [1.54, 1.807) is 13.0 Å². The molecular formula is C14H18N2O4. The van der Waals surface area contributed by atoms with Crippen molar-refractivity contribution >= 4 is 17.7 Å². The van der Waals surface area contributed by atoms with Crippen LogP contribution in [0.15, 0.2) is 0 Å². The zero-order valence-corrected chi connectivity index (χ0v) is 11.4. The second-order valence-corrected chi connectivity index (χ2v) is 5.17. The van der Waals surface area contributed by atoms with Crippen molar-refractivity contribution in [3.05, 3.63) is 0 Å². The molecular weight excluding hydrogens is 260 g/mol. The molecule has 0 amide bonds. The average molecular weight is 278 g/mol. The first kappa shape index (κ1) is 14.5. The lowest BCUT2D eigenvalue weighted by molar-refractivity contribution is -0.144. The Morgan fingerprint density at radius 3 is 2.90 bits per heavy atom. The summed E-state index contributed by atoms with van der Waals surface area (Å²) in [6, 6.07) is 1.77. The molecule has 1 saturated heterocycles. The van der Waals surface area contributed by atoms with Crippen LogP contribution in [-0.2, 0) is 19.1 Å². The summed E-state index contributed by atoms with van der Waals surface area (Å²) in [6.07, 6.45) is 3.43. The summed E-state index contributed by atoms with van der Waals surface area (Å²) in [4.78, 5) is 23.7. The van der Waals surface area contributed by atoms with Gasteiger partial charge in [0.2, 0.25) is 0 Å². The molecule has 108 valence electrons. The minimum Gasteiger partial charge on any atom is -0.465 e. The van der Waals surface area contributed by atoms with Gasteiger partial charge in [0.1, 0.15) is 12.0 Å². The van der Waals surface area contributed by atoms with Crippen LogP contribution in [0.2, 0.25) is 0 Å². The molecule has 6 nitrogen and oxygen atoms in total. The number of carbonyl (C=O) groups is 2. The van der Waals surface area contributed by atoms with E-state index in [9.17, 15) is 9.59 Å². The van der Waals surface area contributed by atoms with Gasteiger partial charge in [0.05, 0.1) is 18.4 Å². The van der Waals surface area contributed by atoms with Gasteiger partial charge in [-0.15, -0.1) is 0 Å². The lowest BCUT2D eigenvalue weighted by Gasteiger charge is -2.26. The normalized spacial score (nSPS) is 29.8. The maximum atomic E-state index is 12.0. The van der Waals surface area contributed by atoms with Crippen LogP contribution in [0.4, 0.5) is 0 Å². The highest BCUT2D eigenvalue weighted by Gasteiger charge is 2.50. The molecule has 4 atom stereocenters. The second kappa shape index (κ2) is 6.04. The minimum atomic E-state index is -1.31. The Labute approximate surface area is 117 Å². The van der Waals surface area contributed by atoms with Gasteiger partial charge in [0.15, 0.2) is 5.92 Å². The maximum Gasteiger partial charge on any atom is 0.329 e. The van der Waals surface area contributed by atoms with E-state index in [0.717, 1.165) is 25.7 Å². The van der Waals surface area contributed by atoms with Crippen molar-refractivity contribution in [3.8, 4) is 6.07 Å². The van der Waals surface area contributed by atoms with Gasteiger partial charge in [-0.1, -0.05) is 6.42 Å². The fourth-order valence-corrected chi connectivity index (χ4v) is 3.06. The van der Waals surface area contributed by atoms with Crippen molar-refractivity contribution in [1.29, 1.82) is 10.7 Å². The van der Waals surface area contributed by atoms with E-state index in [1.807, 2.05) is 0 Å². The largest absolute Gasteiger partial charge is 0.465 e. The van der Waals surface area contributed by atoms with Crippen LogP contribution in [-0.4, -0.2) is 30.4 Å². The Kier molecular flexibility index (Phi) is 4.38. The number of nitriles is 1. The number of nitrogens with one attached hydrogen (secondary N) is 1. The third-order valence-corrected chi connectivity index (χ3v) is 4.00. The van der Waals surface area contributed by atoms with Crippen LogP contribution in [0.3, 0.4) is 0 Å². The number of carbonyl (C=O) groups excluding carboxylic acids is 2. The van der Waals surface area contributed by atoms with Crippen molar-refractivity contribution in [1.82, 2.24) is 0 Å². The number of hydrogen-bond acceptors (Lipinski definition) is 6. The van der Waals surface area contributed by atoms with Gasteiger partial charge in [-0.25, -0.2) is 0 Å². The van der Waals surface area contributed by atoms with Crippen molar-refractivity contribution in [2.75, 3.05) is 6.61 Å². The van der Waals surface area contributed by atoms with E-state index in [1.165, 1.54) is 0 Å². The van der Waals surface area contributed by atoms with Gasteiger partial charge in [0.25, 0.3) is 0 Å². The van der Waals surface area contributed by atoms with E-state index >= 15 is 0 Å². The van der Waals surface area contributed by atoms with Crippen molar-refractivity contribution in [2.24, 2.45) is 17.8 Å². The molecule has 1 saturated carbocycles. The van der Waals surface area contributed by atoms with Crippen LogP contribution in [0.5, 0.6) is 0 Å². The molecule has 0 radical (unpaired) electrons. The number of hydrogen-bond donors (Lipinski definition) is 1. The van der Waals surface area contributed by atoms with Crippen LogP contribution in [0.25, 0.3) is 0 Å². The zero-order chi connectivity index (χ0) is 14.7. The molecule has 2 aliphatic rings. The van der Waals surface area contributed by atoms with Crippen molar-refractivity contribution in [3.63, 3.8) is 0 Å². The van der Waals surface area contributed by atoms with Gasteiger partial charge < -0.3 is 14.9 Å². The SMILES string of the molecule is CCOC(=O)C(C#N)C(=N)C1C(=O)OC2CCCCC21. The Hall–Kier alpha value is -1.90. The maximum absolute atomic E-state index is 12.0. The van der Waals surface area contributed by atoms with E-state index < -0.39 is 23.8 Å². The van der Waals surface area contributed by atoms with Gasteiger partial charge in [-0.05, 0) is 26.2 Å². The summed E-state index contributed by atoms with van der Waals surface area (Å²) in [6.45, 7) is 1.78. The standard InChI is InChI=1S/C14H18N2O4/c1-2-19-13(17)9(7-15)12(16)11-8-5-3-4-6-10(8)20-14(11)18/h8-11,16H,2-6H2,1H3. The molecule has 0 bridgehead atoms. The summed E-state index contributed by atoms with van der Waals surface area (Å²) in [5, 5.41) is 17.2. The van der Waals surface area contributed by atoms with E-state index in [-0.39, 0.29) is 24.3 Å². The zero-order valence-electron chi connectivity index (χ0n) is 11.4. The summed E-state index contributed by atoms with van der Waals surface area (Å²) >= 11 is 0. The van der Waals surface area contributed by atoms with Gasteiger partial charge in [-0.2, -0.15) is 5.26 Å². The molecule has 0 aromatic rings. The lowest BCUT2D eigenvalue weighted by Crippen LogP contribution is -2.36. The number of ether oxygens (including phenoxy) is 2. The predicted molar refractivity (Wildman–Crippen MR) is 68.8 cm³/mol. The average Bonchev–Trinajstić information content (AvgIpc) is 2.75. The van der Waals surface area contributed by atoms with Crippen LogP contribution >= 0.6 is 0 Å². The Morgan fingerprint density at radius 1 is 1.55 bits per heavy atom. The monoisotopic (exact) mass is 278 g/mol. The summed E-state index contributed by atoms with van der Waals surface area (Å²) < 4.78 is 10.1. The molecule has 6 heteroatoms. The molecule has 2 fully saturated rings. The number of fused-ring (bicyclic) bond motifs is 1. The minimum absolute atomic E-state index is 0.0750. The molecule has 0 spiro atoms. The van der Waals surface area contributed by atoms with E-state index in [2.05, 4.69) is 0 Å². The quantitative estimate of drug-likeness (QED) is 0.619. The fraction of sp³-hybridized carbons (Fsp3) is 0.714. The molecule has 0 aromatic carbocycles. The number of nitrogens with zero attached hydrogens (tertiary/aromatic N) is 1. The number of esters is 2. The topological polar surface area (TPSA) is 100 Å². The van der Waals surface area contributed by atoms with Crippen LogP contribution in [0, 0.1) is 34.5 Å². The Morgan fingerprint density at radius 2 is 2.25 bits per heavy atom. The van der Waals surface area contributed by atoms with Gasteiger partial charge >= 0.3 is 11.9 Å². The lowest BCUT2D eigenvalue weighted by atomic mass is 9.76. The summed E-state index contributed by atoms with van der Waals surface area (Å²) in [5.41, 5.74) is -0.176. The molecule has 0 aromatic heterocycles.